The molecule has 0 amide bonds. The maximum atomic E-state index is 5.49. The Morgan fingerprint density at radius 2 is 1.67 bits per heavy atom. The summed E-state index contributed by atoms with van der Waals surface area (Å²) in [7, 11) is 3.43. The van der Waals surface area contributed by atoms with E-state index in [4.69, 9.17) is 9.47 Å². The number of halogens is 1. The zero-order valence-corrected chi connectivity index (χ0v) is 13.8. The molecule has 0 spiro atoms. The van der Waals surface area contributed by atoms with E-state index in [1.54, 1.807) is 14.2 Å². The van der Waals surface area contributed by atoms with Gasteiger partial charge in [0.05, 0.1) is 14.2 Å². The number of benzene rings is 1. The van der Waals surface area contributed by atoms with Crippen molar-refractivity contribution in [1.29, 1.82) is 0 Å². The number of hydrogen-bond donors (Lipinski definition) is 1. The SMILES string of the molecule is COc1cc2c(cc1OC)C(C1CCCCC1)NCC2.Cl. The van der Waals surface area contributed by atoms with Gasteiger partial charge in [-0.1, -0.05) is 19.3 Å². The van der Waals surface area contributed by atoms with E-state index < -0.39 is 0 Å². The van der Waals surface area contributed by atoms with Gasteiger partial charge in [0.1, 0.15) is 0 Å². The summed E-state index contributed by atoms with van der Waals surface area (Å²) in [5.41, 5.74) is 2.86. The van der Waals surface area contributed by atoms with E-state index in [1.165, 1.54) is 43.2 Å². The molecule has 1 heterocycles. The molecule has 1 aliphatic heterocycles. The number of methoxy groups -OCH3 is 2. The van der Waals surface area contributed by atoms with Crippen LogP contribution < -0.4 is 14.8 Å². The topological polar surface area (TPSA) is 30.5 Å². The highest BCUT2D eigenvalue weighted by Crippen LogP contribution is 2.41. The number of ether oxygens (including phenoxy) is 2. The largest absolute Gasteiger partial charge is 0.493 e. The third-order valence-electron chi connectivity index (χ3n) is 4.86. The molecule has 1 unspecified atom stereocenters. The van der Waals surface area contributed by atoms with Crippen molar-refractivity contribution in [3.8, 4) is 11.5 Å². The summed E-state index contributed by atoms with van der Waals surface area (Å²) in [5.74, 6) is 2.49. The van der Waals surface area contributed by atoms with Crippen LogP contribution in [0, 0.1) is 5.92 Å². The van der Waals surface area contributed by atoms with Crippen LogP contribution in [0.25, 0.3) is 0 Å². The molecule has 0 radical (unpaired) electrons. The molecule has 1 fully saturated rings. The van der Waals surface area contributed by atoms with Crippen molar-refractivity contribution in [2.45, 2.75) is 44.6 Å². The Morgan fingerprint density at radius 3 is 2.33 bits per heavy atom. The highest BCUT2D eigenvalue weighted by atomic mass is 35.5. The fraction of sp³-hybridized carbons (Fsp3) is 0.647. The molecule has 4 heteroatoms. The molecule has 0 bridgehead atoms. The number of hydrogen-bond acceptors (Lipinski definition) is 3. The average Bonchev–Trinajstić information content (AvgIpc) is 2.53. The molecular weight excluding hydrogens is 286 g/mol. The molecule has 0 saturated heterocycles. The van der Waals surface area contributed by atoms with Crippen molar-refractivity contribution in [3.05, 3.63) is 23.3 Å². The smallest absolute Gasteiger partial charge is 0.161 e. The van der Waals surface area contributed by atoms with Crippen LogP contribution in [0.15, 0.2) is 12.1 Å². The summed E-state index contributed by atoms with van der Waals surface area (Å²) in [4.78, 5) is 0. The lowest BCUT2D eigenvalue weighted by Gasteiger charge is -2.36. The summed E-state index contributed by atoms with van der Waals surface area (Å²) in [6.45, 7) is 1.07. The van der Waals surface area contributed by atoms with Crippen LogP contribution in [0.1, 0.15) is 49.3 Å². The Hall–Kier alpha value is -0.930. The monoisotopic (exact) mass is 311 g/mol. The second kappa shape index (κ2) is 7.37. The molecule has 1 saturated carbocycles. The van der Waals surface area contributed by atoms with Crippen molar-refractivity contribution in [1.82, 2.24) is 5.32 Å². The number of rotatable bonds is 3. The first-order chi connectivity index (χ1) is 9.83. The number of fused-ring (bicyclic) bond motifs is 1. The summed E-state index contributed by atoms with van der Waals surface area (Å²) in [6.07, 6.45) is 7.95. The van der Waals surface area contributed by atoms with Gasteiger partial charge in [-0.15, -0.1) is 12.4 Å². The lowest BCUT2D eigenvalue weighted by atomic mass is 9.78. The minimum atomic E-state index is 0. The zero-order valence-electron chi connectivity index (χ0n) is 13.0. The maximum absolute atomic E-state index is 5.49. The molecule has 0 aromatic heterocycles. The summed E-state index contributed by atoms with van der Waals surface area (Å²) in [6, 6.07) is 4.86. The fourth-order valence-corrected chi connectivity index (χ4v) is 3.80. The van der Waals surface area contributed by atoms with Crippen LogP contribution >= 0.6 is 12.4 Å². The van der Waals surface area contributed by atoms with E-state index in [9.17, 15) is 0 Å². The van der Waals surface area contributed by atoms with Gasteiger partial charge in [0.2, 0.25) is 0 Å². The predicted octanol–water partition coefficient (Wildman–Crippen LogP) is 3.89. The van der Waals surface area contributed by atoms with E-state index in [-0.39, 0.29) is 12.4 Å². The van der Waals surface area contributed by atoms with Gasteiger partial charge >= 0.3 is 0 Å². The number of nitrogens with one attached hydrogen (secondary N) is 1. The average molecular weight is 312 g/mol. The van der Waals surface area contributed by atoms with Gasteiger partial charge in [0.25, 0.3) is 0 Å². The van der Waals surface area contributed by atoms with Crippen molar-refractivity contribution >= 4 is 12.4 Å². The fourth-order valence-electron chi connectivity index (χ4n) is 3.80. The van der Waals surface area contributed by atoms with E-state index >= 15 is 0 Å². The van der Waals surface area contributed by atoms with Gasteiger partial charge in [-0.05, 0) is 55.0 Å². The quantitative estimate of drug-likeness (QED) is 0.918. The molecule has 2 aliphatic rings. The van der Waals surface area contributed by atoms with Crippen LogP contribution in [0.4, 0.5) is 0 Å². The van der Waals surface area contributed by atoms with Gasteiger partial charge in [-0.3, -0.25) is 0 Å². The molecule has 1 N–H and O–H groups in total. The van der Waals surface area contributed by atoms with Crippen LogP contribution in [-0.4, -0.2) is 20.8 Å². The van der Waals surface area contributed by atoms with Gasteiger partial charge < -0.3 is 14.8 Å². The summed E-state index contributed by atoms with van der Waals surface area (Å²) in [5, 5.41) is 3.74. The molecule has 118 valence electrons. The zero-order chi connectivity index (χ0) is 13.9. The summed E-state index contributed by atoms with van der Waals surface area (Å²) >= 11 is 0. The first-order valence-electron chi connectivity index (χ1n) is 7.81. The molecule has 1 aliphatic carbocycles. The highest BCUT2D eigenvalue weighted by molar-refractivity contribution is 5.85. The standard InChI is InChI=1S/C17H25NO2.ClH/c1-19-15-10-13-8-9-18-17(12-6-4-3-5-7-12)14(13)11-16(15)20-2;/h10-12,17-18H,3-9H2,1-2H3;1H. The Kier molecular flexibility index (Phi) is 5.77. The van der Waals surface area contributed by atoms with Crippen LogP contribution in [0.3, 0.4) is 0 Å². The van der Waals surface area contributed by atoms with E-state index in [1.807, 2.05) is 0 Å². The second-order valence-corrected chi connectivity index (χ2v) is 5.99. The molecule has 21 heavy (non-hydrogen) atoms. The molecule has 1 aromatic rings. The van der Waals surface area contributed by atoms with Gasteiger partial charge in [-0.25, -0.2) is 0 Å². The highest BCUT2D eigenvalue weighted by Gasteiger charge is 2.29. The van der Waals surface area contributed by atoms with Gasteiger partial charge in [0, 0.05) is 6.04 Å². The van der Waals surface area contributed by atoms with Gasteiger partial charge in [0.15, 0.2) is 11.5 Å². The van der Waals surface area contributed by atoms with E-state index in [2.05, 4.69) is 17.4 Å². The molecule has 3 rings (SSSR count). The Bertz CT molecular complexity index is 472. The minimum Gasteiger partial charge on any atom is -0.493 e. The lowest BCUT2D eigenvalue weighted by molar-refractivity contribution is 0.263. The Morgan fingerprint density at radius 1 is 1.00 bits per heavy atom. The van der Waals surface area contributed by atoms with Crippen molar-refractivity contribution in [3.63, 3.8) is 0 Å². The molecular formula is C17H26ClNO2. The third-order valence-corrected chi connectivity index (χ3v) is 4.86. The van der Waals surface area contributed by atoms with Crippen LogP contribution in [0.2, 0.25) is 0 Å². The minimum absolute atomic E-state index is 0. The maximum Gasteiger partial charge on any atom is 0.161 e. The van der Waals surface area contributed by atoms with Crippen LogP contribution in [0.5, 0.6) is 11.5 Å². The first kappa shape index (κ1) is 16.4. The lowest BCUT2D eigenvalue weighted by Crippen LogP contribution is -2.35. The Labute approximate surface area is 133 Å². The van der Waals surface area contributed by atoms with Crippen molar-refractivity contribution in [2.24, 2.45) is 5.92 Å². The predicted molar refractivity (Wildman–Crippen MR) is 87.8 cm³/mol. The van der Waals surface area contributed by atoms with Crippen molar-refractivity contribution < 1.29 is 9.47 Å². The molecule has 3 nitrogen and oxygen atoms in total. The summed E-state index contributed by atoms with van der Waals surface area (Å²) < 4.78 is 10.9. The first-order valence-corrected chi connectivity index (χ1v) is 7.81. The van der Waals surface area contributed by atoms with Crippen molar-refractivity contribution in [2.75, 3.05) is 20.8 Å². The second-order valence-electron chi connectivity index (χ2n) is 5.99. The third kappa shape index (κ3) is 3.29. The molecule has 1 atom stereocenters. The molecule has 1 aromatic carbocycles. The normalized spacial score (nSPS) is 22.1. The van der Waals surface area contributed by atoms with Crippen LogP contribution in [-0.2, 0) is 6.42 Å². The van der Waals surface area contributed by atoms with E-state index in [0.29, 0.717) is 6.04 Å². The Balaban J connectivity index is 0.00000161. The van der Waals surface area contributed by atoms with Gasteiger partial charge in [-0.2, -0.15) is 0 Å². The van der Waals surface area contributed by atoms with E-state index in [0.717, 1.165) is 30.4 Å².